The van der Waals surface area contributed by atoms with Gasteiger partial charge >= 0.3 is 0 Å². The summed E-state index contributed by atoms with van der Waals surface area (Å²) < 4.78 is 0. The first-order chi connectivity index (χ1) is 11.1. The number of hydrogen-bond donors (Lipinski definition) is 2. The van der Waals surface area contributed by atoms with Gasteiger partial charge in [-0.2, -0.15) is 0 Å². The average molecular weight is 329 g/mol. The molecule has 1 fully saturated rings. The van der Waals surface area contributed by atoms with Gasteiger partial charge in [0.05, 0.1) is 0 Å². The van der Waals surface area contributed by atoms with Crippen LogP contribution in [0.1, 0.15) is 35.8 Å². The first-order valence-corrected chi connectivity index (χ1v) is 8.96. The second-order valence-electron chi connectivity index (χ2n) is 6.60. The van der Waals surface area contributed by atoms with Crippen LogP contribution < -0.4 is 10.6 Å². The highest BCUT2D eigenvalue weighted by Crippen LogP contribution is 2.28. The molecule has 2 aromatic rings. The predicted octanol–water partition coefficient (Wildman–Crippen LogP) is 3.24. The Morgan fingerprint density at radius 1 is 1.35 bits per heavy atom. The van der Waals surface area contributed by atoms with Crippen LogP contribution in [-0.4, -0.2) is 30.5 Å². The number of rotatable bonds is 4. The number of thiazole rings is 1. The third kappa shape index (κ3) is 3.79. The van der Waals surface area contributed by atoms with Crippen LogP contribution in [0, 0.1) is 12.3 Å². The minimum Gasteiger partial charge on any atom is -0.350 e. The summed E-state index contributed by atoms with van der Waals surface area (Å²) in [5, 5.41) is 9.18. The summed E-state index contributed by atoms with van der Waals surface area (Å²) in [5.74, 6) is -0.0687. The molecule has 0 radical (unpaired) electrons. The van der Waals surface area contributed by atoms with E-state index in [4.69, 9.17) is 0 Å². The number of nitrogens with zero attached hydrogens (tertiary/aromatic N) is 1. The lowest BCUT2D eigenvalue weighted by atomic mass is 9.81. The van der Waals surface area contributed by atoms with Crippen molar-refractivity contribution in [1.29, 1.82) is 0 Å². The number of piperidine rings is 1. The smallest absolute Gasteiger partial charge is 0.270 e. The Morgan fingerprint density at radius 2 is 2.09 bits per heavy atom. The number of aromatic nitrogens is 1. The molecule has 1 aromatic carbocycles. The van der Waals surface area contributed by atoms with E-state index in [2.05, 4.69) is 35.5 Å². The minimum atomic E-state index is -0.0687. The normalized spacial score (nSPS) is 17.0. The summed E-state index contributed by atoms with van der Waals surface area (Å²) in [4.78, 5) is 16.9. The molecule has 1 aliphatic heterocycles. The van der Waals surface area contributed by atoms with Gasteiger partial charge in [-0.15, -0.1) is 11.3 Å². The highest BCUT2D eigenvalue weighted by Gasteiger charge is 2.27. The van der Waals surface area contributed by atoms with Crippen molar-refractivity contribution < 1.29 is 4.79 Å². The molecule has 3 rings (SSSR count). The lowest BCUT2D eigenvalue weighted by molar-refractivity contribution is 0.0918. The summed E-state index contributed by atoms with van der Waals surface area (Å²) in [7, 11) is 0. The van der Waals surface area contributed by atoms with Gasteiger partial charge < -0.3 is 10.6 Å². The van der Waals surface area contributed by atoms with Crippen molar-refractivity contribution in [3.8, 4) is 10.6 Å². The Balaban J connectivity index is 1.66. The van der Waals surface area contributed by atoms with Gasteiger partial charge in [-0.05, 0) is 43.8 Å². The van der Waals surface area contributed by atoms with Crippen LogP contribution in [0.3, 0.4) is 0 Å². The molecule has 1 saturated heterocycles. The Kier molecular flexibility index (Phi) is 4.78. The van der Waals surface area contributed by atoms with Crippen molar-refractivity contribution in [3.05, 3.63) is 40.9 Å². The van der Waals surface area contributed by atoms with Crippen LogP contribution in [0.2, 0.25) is 0 Å². The Labute approximate surface area is 141 Å². The second-order valence-corrected chi connectivity index (χ2v) is 7.45. The number of aryl methyl sites for hydroxylation is 1. The van der Waals surface area contributed by atoms with Crippen LogP contribution in [0.5, 0.6) is 0 Å². The maximum atomic E-state index is 12.4. The summed E-state index contributed by atoms with van der Waals surface area (Å²) in [6.45, 7) is 7.08. The summed E-state index contributed by atoms with van der Waals surface area (Å²) in [5.41, 5.74) is 2.99. The van der Waals surface area contributed by atoms with Crippen molar-refractivity contribution in [2.45, 2.75) is 26.7 Å². The number of carbonyl (C=O) groups is 1. The van der Waals surface area contributed by atoms with Crippen molar-refractivity contribution >= 4 is 17.2 Å². The number of nitrogens with one attached hydrogen (secondary N) is 2. The molecule has 5 heteroatoms. The van der Waals surface area contributed by atoms with Crippen LogP contribution in [0.4, 0.5) is 0 Å². The maximum Gasteiger partial charge on any atom is 0.270 e. The quantitative estimate of drug-likeness (QED) is 0.905. The first-order valence-electron chi connectivity index (χ1n) is 8.08. The molecule has 0 unspecified atom stereocenters. The SMILES string of the molecule is Cc1ccccc1-c1nc(C(=O)NCC2(C)CCNCC2)cs1. The van der Waals surface area contributed by atoms with Crippen molar-refractivity contribution in [2.24, 2.45) is 5.41 Å². The fourth-order valence-electron chi connectivity index (χ4n) is 2.91. The topological polar surface area (TPSA) is 54.0 Å². The molecular weight excluding hydrogens is 306 g/mol. The zero-order valence-electron chi connectivity index (χ0n) is 13.7. The van der Waals surface area contributed by atoms with Gasteiger partial charge in [0.2, 0.25) is 0 Å². The van der Waals surface area contributed by atoms with E-state index in [-0.39, 0.29) is 11.3 Å². The fraction of sp³-hybridized carbons (Fsp3) is 0.444. The lowest BCUT2D eigenvalue weighted by Gasteiger charge is -2.34. The van der Waals surface area contributed by atoms with Gasteiger partial charge in [0.1, 0.15) is 10.7 Å². The van der Waals surface area contributed by atoms with E-state index in [1.54, 1.807) is 0 Å². The molecule has 0 spiro atoms. The zero-order valence-corrected chi connectivity index (χ0v) is 14.5. The number of hydrogen-bond acceptors (Lipinski definition) is 4. The van der Waals surface area contributed by atoms with Crippen LogP contribution in [0.15, 0.2) is 29.6 Å². The van der Waals surface area contributed by atoms with Gasteiger partial charge in [-0.3, -0.25) is 4.79 Å². The van der Waals surface area contributed by atoms with Gasteiger partial charge in [-0.25, -0.2) is 4.98 Å². The molecule has 1 amide bonds. The standard InChI is InChI=1S/C18H23N3OS/c1-13-5-3-4-6-14(13)17-21-15(11-23-17)16(22)20-12-18(2)7-9-19-10-8-18/h3-6,11,19H,7-10,12H2,1-2H3,(H,20,22). The number of amides is 1. The molecule has 0 bridgehead atoms. The van der Waals surface area contributed by atoms with Crippen molar-refractivity contribution in [2.75, 3.05) is 19.6 Å². The third-order valence-corrected chi connectivity index (χ3v) is 5.47. The Bertz CT molecular complexity index is 689. The van der Waals surface area contributed by atoms with Crippen LogP contribution in [-0.2, 0) is 0 Å². The number of benzene rings is 1. The molecule has 0 aliphatic carbocycles. The van der Waals surface area contributed by atoms with Crippen molar-refractivity contribution in [3.63, 3.8) is 0 Å². The summed E-state index contributed by atoms with van der Waals surface area (Å²) in [6, 6.07) is 8.13. The van der Waals surface area contributed by atoms with E-state index in [1.165, 1.54) is 16.9 Å². The van der Waals surface area contributed by atoms with E-state index in [0.717, 1.165) is 36.5 Å². The van der Waals surface area contributed by atoms with E-state index in [1.807, 2.05) is 23.6 Å². The maximum absolute atomic E-state index is 12.4. The molecule has 4 nitrogen and oxygen atoms in total. The van der Waals surface area contributed by atoms with Crippen molar-refractivity contribution in [1.82, 2.24) is 15.6 Å². The van der Waals surface area contributed by atoms with Crippen LogP contribution >= 0.6 is 11.3 Å². The predicted molar refractivity (Wildman–Crippen MR) is 94.8 cm³/mol. The summed E-state index contributed by atoms with van der Waals surface area (Å²) >= 11 is 1.52. The molecule has 23 heavy (non-hydrogen) atoms. The van der Waals surface area contributed by atoms with Gasteiger partial charge in [0, 0.05) is 17.5 Å². The minimum absolute atomic E-state index is 0.0687. The second kappa shape index (κ2) is 6.81. The largest absolute Gasteiger partial charge is 0.350 e. The van der Waals surface area contributed by atoms with Gasteiger partial charge in [0.25, 0.3) is 5.91 Å². The Morgan fingerprint density at radius 3 is 2.83 bits per heavy atom. The third-order valence-electron chi connectivity index (χ3n) is 4.60. The molecule has 1 aromatic heterocycles. The van der Waals surface area contributed by atoms with Crippen LogP contribution in [0.25, 0.3) is 10.6 Å². The molecule has 2 heterocycles. The molecule has 2 N–H and O–H groups in total. The fourth-order valence-corrected chi connectivity index (χ4v) is 3.80. The van der Waals surface area contributed by atoms with E-state index < -0.39 is 0 Å². The van der Waals surface area contributed by atoms with E-state index in [9.17, 15) is 4.79 Å². The molecule has 0 saturated carbocycles. The van der Waals surface area contributed by atoms with E-state index in [0.29, 0.717) is 12.2 Å². The monoisotopic (exact) mass is 329 g/mol. The first kappa shape index (κ1) is 16.1. The molecule has 1 aliphatic rings. The zero-order chi connectivity index (χ0) is 16.3. The summed E-state index contributed by atoms with van der Waals surface area (Å²) in [6.07, 6.45) is 2.19. The highest BCUT2D eigenvalue weighted by molar-refractivity contribution is 7.13. The Hall–Kier alpha value is -1.72. The number of carbonyl (C=O) groups excluding carboxylic acids is 1. The average Bonchev–Trinajstić information content (AvgIpc) is 3.04. The molecule has 0 atom stereocenters. The van der Waals surface area contributed by atoms with Gasteiger partial charge in [-0.1, -0.05) is 31.2 Å². The molecule has 122 valence electrons. The van der Waals surface area contributed by atoms with Gasteiger partial charge in [0.15, 0.2) is 0 Å². The lowest BCUT2D eigenvalue weighted by Crippen LogP contribution is -2.42. The van der Waals surface area contributed by atoms with E-state index >= 15 is 0 Å². The highest BCUT2D eigenvalue weighted by atomic mass is 32.1. The molecular formula is C18H23N3OS.